The molecule has 1 heterocycles. The van der Waals surface area contributed by atoms with E-state index in [2.05, 4.69) is 5.32 Å². The van der Waals surface area contributed by atoms with Crippen molar-refractivity contribution in [3.8, 4) is 0 Å². The summed E-state index contributed by atoms with van der Waals surface area (Å²) in [6.07, 6.45) is 4.40. The number of nitrogens with one attached hydrogen (secondary N) is 1. The second-order valence-electron chi connectivity index (χ2n) is 4.51. The fraction of sp³-hybridized carbons (Fsp3) is 0.462. The van der Waals surface area contributed by atoms with E-state index in [1.54, 1.807) is 0 Å². The molecule has 0 aromatic heterocycles. The number of anilines is 1. The third-order valence-corrected chi connectivity index (χ3v) is 3.38. The molecule has 0 amide bonds. The van der Waals surface area contributed by atoms with E-state index >= 15 is 0 Å². The van der Waals surface area contributed by atoms with Gasteiger partial charge in [-0.1, -0.05) is 0 Å². The average molecular weight is 217 g/mol. The molecule has 1 aliphatic heterocycles. The van der Waals surface area contributed by atoms with Crippen molar-refractivity contribution in [2.45, 2.75) is 31.8 Å². The van der Waals surface area contributed by atoms with Gasteiger partial charge in [-0.25, -0.2) is 4.79 Å². The Balaban J connectivity index is 1.75. The van der Waals surface area contributed by atoms with Crippen LogP contribution in [-0.2, 0) is 11.2 Å². The highest BCUT2D eigenvalue weighted by molar-refractivity contribution is 5.90. The molecule has 0 radical (unpaired) electrons. The molecule has 0 unspecified atom stereocenters. The minimum atomic E-state index is -0.167. The van der Waals surface area contributed by atoms with Gasteiger partial charge in [0.2, 0.25) is 0 Å². The SMILES string of the molecule is O=C(OC1CCC1)c1ccc2c(c1)CCN2. The first-order valence-corrected chi connectivity index (χ1v) is 5.91. The predicted molar refractivity (Wildman–Crippen MR) is 61.7 cm³/mol. The molecule has 0 spiro atoms. The quantitative estimate of drug-likeness (QED) is 0.773. The topological polar surface area (TPSA) is 38.3 Å². The number of fused-ring (bicyclic) bond motifs is 1. The molecular formula is C13H15NO2. The first-order valence-electron chi connectivity index (χ1n) is 5.91. The van der Waals surface area contributed by atoms with Crippen LogP contribution in [0, 0.1) is 0 Å². The van der Waals surface area contributed by atoms with Crippen LogP contribution in [0.2, 0.25) is 0 Å². The molecule has 3 heteroatoms. The van der Waals surface area contributed by atoms with Gasteiger partial charge in [-0.3, -0.25) is 0 Å². The molecule has 2 aliphatic rings. The summed E-state index contributed by atoms with van der Waals surface area (Å²) in [6.45, 7) is 0.969. The summed E-state index contributed by atoms with van der Waals surface area (Å²) in [5, 5.41) is 3.28. The van der Waals surface area contributed by atoms with Crippen molar-refractivity contribution >= 4 is 11.7 Å². The van der Waals surface area contributed by atoms with Crippen molar-refractivity contribution in [2.24, 2.45) is 0 Å². The molecule has 1 aromatic carbocycles. The van der Waals surface area contributed by atoms with Crippen LogP contribution in [0.25, 0.3) is 0 Å². The second-order valence-corrected chi connectivity index (χ2v) is 4.51. The van der Waals surface area contributed by atoms with Gasteiger partial charge < -0.3 is 10.1 Å². The summed E-state index contributed by atoms with van der Waals surface area (Å²) in [7, 11) is 0. The molecule has 1 aliphatic carbocycles. The molecule has 84 valence electrons. The van der Waals surface area contributed by atoms with E-state index in [1.807, 2.05) is 18.2 Å². The van der Waals surface area contributed by atoms with Crippen LogP contribution in [0.5, 0.6) is 0 Å². The van der Waals surface area contributed by atoms with Gasteiger partial charge in [0.25, 0.3) is 0 Å². The molecule has 0 bridgehead atoms. The van der Waals surface area contributed by atoms with E-state index in [0.717, 1.165) is 31.5 Å². The van der Waals surface area contributed by atoms with Crippen LogP contribution in [0.15, 0.2) is 18.2 Å². The highest BCUT2D eigenvalue weighted by Crippen LogP contribution is 2.26. The fourth-order valence-corrected chi connectivity index (χ4v) is 2.14. The van der Waals surface area contributed by atoms with E-state index in [1.165, 1.54) is 12.0 Å². The number of ether oxygens (including phenoxy) is 1. The minimum absolute atomic E-state index is 0.166. The Bertz CT molecular complexity index is 424. The summed E-state index contributed by atoms with van der Waals surface area (Å²) in [6, 6.07) is 5.77. The van der Waals surface area contributed by atoms with Crippen LogP contribution in [-0.4, -0.2) is 18.6 Å². The molecular weight excluding hydrogens is 202 g/mol. The second kappa shape index (κ2) is 3.81. The Morgan fingerprint density at radius 1 is 1.38 bits per heavy atom. The Hall–Kier alpha value is -1.51. The van der Waals surface area contributed by atoms with Crippen molar-refractivity contribution < 1.29 is 9.53 Å². The number of benzene rings is 1. The molecule has 1 fully saturated rings. The summed E-state index contributed by atoms with van der Waals surface area (Å²) < 4.78 is 5.37. The van der Waals surface area contributed by atoms with Crippen LogP contribution >= 0.6 is 0 Å². The standard InChI is InChI=1S/C13H15NO2/c15-13(16-11-2-1-3-11)10-4-5-12-9(8-10)6-7-14-12/h4-5,8,11,14H,1-3,6-7H2. The maximum absolute atomic E-state index is 11.8. The van der Waals surface area contributed by atoms with Crippen molar-refractivity contribution in [3.05, 3.63) is 29.3 Å². The Morgan fingerprint density at radius 2 is 2.25 bits per heavy atom. The maximum Gasteiger partial charge on any atom is 0.338 e. The predicted octanol–water partition coefficient (Wildman–Crippen LogP) is 2.36. The molecule has 1 N–H and O–H groups in total. The lowest BCUT2D eigenvalue weighted by molar-refractivity contribution is 0.00900. The first-order chi connectivity index (χ1) is 7.83. The van der Waals surface area contributed by atoms with Crippen molar-refractivity contribution in [3.63, 3.8) is 0 Å². The Labute approximate surface area is 94.8 Å². The first kappa shape index (κ1) is 9.70. The lowest BCUT2D eigenvalue weighted by atomic mass is 9.96. The van der Waals surface area contributed by atoms with Crippen molar-refractivity contribution in [1.82, 2.24) is 0 Å². The molecule has 3 nitrogen and oxygen atoms in total. The number of esters is 1. The highest BCUT2D eigenvalue weighted by Gasteiger charge is 2.23. The smallest absolute Gasteiger partial charge is 0.338 e. The third-order valence-electron chi connectivity index (χ3n) is 3.38. The zero-order chi connectivity index (χ0) is 11.0. The van der Waals surface area contributed by atoms with E-state index in [-0.39, 0.29) is 12.1 Å². The van der Waals surface area contributed by atoms with Crippen LogP contribution in [0.3, 0.4) is 0 Å². The van der Waals surface area contributed by atoms with E-state index in [0.29, 0.717) is 5.56 Å². The monoisotopic (exact) mass is 217 g/mol. The molecule has 1 saturated carbocycles. The lowest BCUT2D eigenvalue weighted by Crippen LogP contribution is -2.25. The Morgan fingerprint density at radius 3 is 3.00 bits per heavy atom. The zero-order valence-corrected chi connectivity index (χ0v) is 9.16. The lowest BCUT2D eigenvalue weighted by Gasteiger charge is -2.25. The minimum Gasteiger partial charge on any atom is -0.459 e. The molecule has 0 atom stereocenters. The van der Waals surface area contributed by atoms with Crippen molar-refractivity contribution in [2.75, 3.05) is 11.9 Å². The summed E-state index contributed by atoms with van der Waals surface area (Å²) >= 11 is 0. The van der Waals surface area contributed by atoms with E-state index in [9.17, 15) is 4.79 Å². The molecule has 16 heavy (non-hydrogen) atoms. The summed E-state index contributed by atoms with van der Waals surface area (Å²) in [5.74, 6) is -0.167. The van der Waals surface area contributed by atoms with Gasteiger partial charge in [0.15, 0.2) is 0 Å². The number of hydrogen-bond acceptors (Lipinski definition) is 3. The van der Waals surface area contributed by atoms with Gasteiger partial charge in [-0.15, -0.1) is 0 Å². The molecule has 3 rings (SSSR count). The number of carbonyl (C=O) groups excluding carboxylic acids is 1. The highest BCUT2D eigenvalue weighted by atomic mass is 16.5. The van der Waals surface area contributed by atoms with Crippen LogP contribution in [0.4, 0.5) is 5.69 Å². The number of hydrogen-bond donors (Lipinski definition) is 1. The van der Waals surface area contributed by atoms with Gasteiger partial charge in [0.05, 0.1) is 5.56 Å². The third kappa shape index (κ3) is 1.66. The van der Waals surface area contributed by atoms with Crippen molar-refractivity contribution in [1.29, 1.82) is 0 Å². The van der Waals surface area contributed by atoms with Crippen LogP contribution in [0.1, 0.15) is 35.2 Å². The fourth-order valence-electron chi connectivity index (χ4n) is 2.14. The van der Waals surface area contributed by atoms with E-state index < -0.39 is 0 Å². The normalized spacial score (nSPS) is 18.5. The van der Waals surface area contributed by atoms with Gasteiger partial charge >= 0.3 is 5.97 Å². The number of carbonyl (C=O) groups is 1. The van der Waals surface area contributed by atoms with Gasteiger partial charge in [-0.05, 0) is 49.4 Å². The van der Waals surface area contributed by atoms with Crippen LogP contribution < -0.4 is 5.32 Å². The molecule has 1 aromatic rings. The summed E-state index contributed by atoms with van der Waals surface area (Å²) in [4.78, 5) is 11.8. The van der Waals surface area contributed by atoms with Gasteiger partial charge in [0.1, 0.15) is 6.10 Å². The zero-order valence-electron chi connectivity index (χ0n) is 9.16. The summed E-state index contributed by atoms with van der Waals surface area (Å²) in [5.41, 5.74) is 3.07. The average Bonchev–Trinajstić information content (AvgIpc) is 2.69. The Kier molecular flexibility index (Phi) is 2.31. The molecule has 0 saturated heterocycles. The maximum atomic E-state index is 11.8. The van der Waals surface area contributed by atoms with E-state index in [4.69, 9.17) is 4.74 Å². The number of rotatable bonds is 2. The van der Waals surface area contributed by atoms with Gasteiger partial charge in [-0.2, -0.15) is 0 Å². The largest absolute Gasteiger partial charge is 0.459 e. The van der Waals surface area contributed by atoms with Gasteiger partial charge in [0, 0.05) is 12.2 Å².